The molecular weight excluding hydrogens is 234 g/mol. The van der Waals surface area contributed by atoms with Crippen molar-refractivity contribution in [3.05, 3.63) is 24.4 Å². The van der Waals surface area contributed by atoms with E-state index in [1.807, 2.05) is 6.08 Å². The topological polar surface area (TPSA) is 52.3 Å². The summed E-state index contributed by atoms with van der Waals surface area (Å²) in [5.74, 6) is -0.233. The molecule has 0 radical (unpaired) electrons. The number of halogens is 1. The van der Waals surface area contributed by atoms with Gasteiger partial charge in [-0.1, -0.05) is 28.1 Å². The van der Waals surface area contributed by atoms with Crippen LogP contribution in [0.5, 0.6) is 0 Å². The third-order valence-corrected chi connectivity index (χ3v) is 1.99. The molecule has 4 heteroatoms. The molecule has 0 aromatic rings. The first-order chi connectivity index (χ1) is 6.22. The Morgan fingerprint density at radius 2 is 2.31 bits per heavy atom. The molecule has 1 unspecified atom stereocenters. The second-order valence-corrected chi connectivity index (χ2v) is 3.37. The summed E-state index contributed by atoms with van der Waals surface area (Å²) < 4.78 is 4.80. The van der Waals surface area contributed by atoms with Crippen molar-refractivity contribution in [3.63, 3.8) is 0 Å². The van der Waals surface area contributed by atoms with Crippen LogP contribution in [0, 0.1) is 0 Å². The Hall–Kier alpha value is -0.770. The Kier molecular flexibility index (Phi) is 7.39. The molecule has 13 heavy (non-hydrogen) atoms. The standard InChI is InChI=1S/C9H14BrNO2/c1-2-13-9(12)8(10)6-4-3-5-7-11/h3-5,7-8H,2,6,11H2,1H3/b4-3-,7-5-. The van der Waals surface area contributed by atoms with Crippen molar-refractivity contribution in [3.8, 4) is 0 Å². The van der Waals surface area contributed by atoms with E-state index in [0.717, 1.165) is 0 Å². The van der Waals surface area contributed by atoms with Gasteiger partial charge in [0.2, 0.25) is 0 Å². The average Bonchev–Trinajstić information content (AvgIpc) is 2.12. The Labute approximate surface area is 86.8 Å². The molecule has 3 nitrogen and oxygen atoms in total. The minimum absolute atomic E-state index is 0.233. The molecule has 0 aliphatic rings. The Bertz CT molecular complexity index is 202. The molecule has 0 aliphatic heterocycles. The summed E-state index contributed by atoms with van der Waals surface area (Å²) >= 11 is 3.22. The van der Waals surface area contributed by atoms with Crippen LogP contribution in [0.4, 0.5) is 0 Å². The number of allylic oxidation sites excluding steroid dienone is 3. The number of rotatable bonds is 5. The van der Waals surface area contributed by atoms with Crippen LogP contribution >= 0.6 is 15.9 Å². The number of hydrogen-bond acceptors (Lipinski definition) is 3. The third kappa shape index (κ3) is 6.40. The predicted molar refractivity (Wildman–Crippen MR) is 56.4 cm³/mol. The van der Waals surface area contributed by atoms with E-state index in [1.54, 1.807) is 19.1 Å². The summed E-state index contributed by atoms with van der Waals surface area (Å²) in [5, 5.41) is 0. The van der Waals surface area contributed by atoms with Crippen molar-refractivity contribution in [2.75, 3.05) is 6.61 Å². The Morgan fingerprint density at radius 1 is 1.62 bits per heavy atom. The van der Waals surface area contributed by atoms with Crippen LogP contribution in [-0.4, -0.2) is 17.4 Å². The summed E-state index contributed by atoms with van der Waals surface area (Å²) in [5.41, 5.74) is 5.12. The van der Waals surface area contributed by atoms with Gasteiger partial charge in [-0.25, -0.2) is 0 Å². The van der Waals surface area contributed by atoms with Gasteiger partial charge in [0.1, 0.15) is 4.83 Å². The Balaban J connectivity index is 3.73. The fourth-order valence-corrected chi connectivity index (χ4v) is 1.02. The molecular formula is C9H14BrNO2. The molecule has 0 amide bonds. The first kappa shape index (κ1) is 12.2. The maximum absolute atomic E-state index is 11.1. The van der Waals surface area contributed by atoms with Gasteiger partial charge in [0.05, 0.1) is 6.61 Å². The lowest BCUT2D eigenvalue weighted by Gasteiger charge is -2.05. The minimum Gasteiger partial charge on any atom is -0.465 e. The molecule has 74 valence electrons. The van der Waals surface area contributed by atoms with Crippen LogP contribution in [0.25, 0.3) is 0 Å². The second kappa shape index (κ2) is 7.86. The maximum atomic E-state index is 11.1. The molecule has 0 heterocycles. The number of hydrogen-bond donors (Lipinski definition) is 1. The van der Waals surface area contributed by atoms with Crippen molar-refractivity contribution >= 4 is 21.9 Å². The largest absolute Gasteiger partial charge is 0.465 e. The first-order valence-electron chi connectivity index (χ1n) is 4.06. The van der Waals surface area contributed by atoms with Gasteiger partial charge in [-0.3, -0.25) is 4.79 Å². The Morgan fingerprint density at radius 3 is 2.85 bits per heavy atom. The molecule has 0 fully saturated rings. The number of carbonyl (C=O) groups is 1. The van der Waals surface area contributed by atoms with Crippen molar-refractivity contribution in [2.24, 2.45) is 5.73 Å². The molecule has 0 saturated heterocycles. The highest BCUT2D eigenvalue weighted by Crippen LogP contribution is 2.08. The van der Waals surface area contributed by atoms with E-state index in [0.29, 0.717) is 13.0 Å². The van der Waals surface area contributed by atoms with Gasteiger partial charge in [-0.15, -0.1) is 0 Å². The van der Waals surface area contributed by atoms with Gasteiger partial charge in [-0.2, -0.15) is 0 Å². The number of ether oxygens (including phenoxy) is 1. The molecule has 0 spiro atoms. The van der Waals surface area contributed by atoms with E-state index in [2.05, 4.69) is 15.9 Å². The zero-order valence-corrected chi connectivity index (χ0v) is 9.16. The zero-order valence-electron chi connectivity index (χ0n) is 7.57. The molecule has 0 aliphatic carbocycles. The molecule has 0 bridgehead atoms. The SMILES string of the molecule is CCOC(=O)C(Br)C/C=C\C=C/N. The highest BCUT2D eigenvalue weighted by molar-refractivity contribution is 9.10. The maximum Gasteiger partial charge on any atom is 0.320 e. The fourth-order valence-electron chi connectivity index (χ4n) is 0.670. The summed E-state index contributed by atoms with van der Waals surface area (Å²) in [7, 11) is 0. The monoisotopic (exact) mass is 247 g/mol. The van der Waals surface area contributed by atoms with Crippen molar-refractivity contribution in [1.29, 1.82) is 0 Å². The van der Waals surface area contributed by atoms with E-state index in [-0.39, 0.29) is 10.8 Å². The van der Waals surface area contributed by atoms with Crippen LogP contribution in [-0.2, 0) is 9.53 Å². The number of alkyl halides is 1. The van der Waals surface area contributed by atoms with Crippen molar-refractivity contribution in [1.82, 2.24) is 0 Å². The fraction of sp³-hybridized carbons (Fsp3) is 0.444. The van der Waals surface area contributed by atoms with Crippen LogP contribution in [0.15, 0.2) is 24.4 Å². The highest BCUT2D eigenvalue weighted by atomic mass is 79.9. The average molecular weight is 248 g/mol. The number of nitrogens with two attached hydrogens (primary N) is 1. The normalized spacial score (nSPS) is 13.7. The summed E-state index contributed by atoms with van der Waals surface area (Å²) in [4.78, 5) is 10.8. The smallest absolute Gasteiger partial charge is 0.320 e. The van der Waals surface area contributed by atoms with E-state index in [4.69, 9.17) is 10.5 Å². The van der Waals surface area contributed by atoms with Crippen LogP contribution in [0.2, 0.25) is 0 Å². The van der Waals surface area contributed by atoms with E-state index in [1.165, 1.54) is 6.20 Å². The lowest BCUT2D eigenvalue weighted by atomic mass is 10.3. The number of carbonyl (C=O) groups excluding carboxylic acids is 1. The van der Waals surface area contributed by atoms with Gasteiger partial charge < -0.3 is 10.5 Å². The summed E-state index contributed by atoms with van der Waals surface area (Å²) in [6.07, 6.45) is 7.37. The van der Waals surface area contributed by atoms with Crippen molar-refractivity contribution in [2.45, 2.75) is 18.2 Å². The van der Waals surface area contributed by atoms with Gasteiger partial charge in [-0.05, 0) is 25.6 Å². The van der Waals surface area contributed by atoms with Crippen LogP contribution < -0.4 is 5.73 Å². The molecule has 1 atom stereocenters. The van der Waals surface area contributed by atoms with Crippen LogP contribution in [0.1, 0.15) is 13.3 Å². The lowest BCUT2D eigenvalue weighted by Crippen LogP contribution is -2.16. The molecule has 0 rings (SSSR count). The van der Waals surface area contributed by atoms with Gasteiger partial charge >= 0.3 is 5.97 Å². The molecule has 0 aromatic carbocycles. The quantitative estimate of drug-likeness (QED) is 0.458. The van der Waals surface area contributed by atoms with Crippen LogP contribution in [0.3, 0.4) is 0 Å². The van der Waals surface area contributed by atoms with Gasteiger partial charge in [0.15, 0.2) is 0 Å². The summed E-state index contributed by atoms with van der Waals surface area (Å²) in [6, 6.07) is 0. The first-order valence-corrected chi connectivity index (χ1v) is 4.98. The molecule has 0 saturated carbocycles. The van der Waals surface area contributed by atoms with Gasteiger partial charge in [0.25, 0.3) is 0 Å². The molecule has 2 N–H and O–H groups in total. The lowest BCUT2D eigenvalue weighted by molar-refractivity contribution is -0.142. The number of esters is 1. The summed E-state index contributed by atoms with van der Waals surface area (Å²) in [6.45, 7) is 2.19. The highest BCUT2D eigenvalue weighted by Gasteiger charge is 2.13. The van der Waals surface area contributed by atoms with Gasteiger partial charge in [0, 0.05) is 0 Å². The third-order valence-electron chi connectivity index (χ3n) is 1.24. The predicted octanol–water partition coefficient (Wildman–Crippen LogP) is 1.73. The minimum atomic E-state index is -0.269. The van der Waals surface area contributed by atoms with Crippen molar-refractivity contribution < 1.29 is 9.53 Å². The second-order valence-electron chi connectivity index (χ2n) is 2.27. The van der Waals surface area contributed by atoms with E-state index >= 15 is 0 Å². The zero-order chi connectivity index (χ0) is 10.1. The van der Waals surface area contributed by atoms with E-state index in [9.17, 15) is 4.79 Å². The molecule has 0 aromatic heterocycles. The van der Waals surface area contributed by atoms with E-state index < -0.39 is 0 Å².